The second-order valence-electron chi connectivity index (χ2n) is 4.48. The number of benzene rings is 2. The SMILES string of the molecule is Cc1cccc(S(=O)(=O)Cc2ccc(F)cc2F)c1N. The number of rotatable bonds is 3. The maximum Gasteiger partial charge on any atom is 0.184 e. The van der Waals surface area contributed by atoms with Gasteiger partial charge in [0.05, 0.1) is 16.3 Å². The van der Waals surface area contributed by atoms with E-state index in [0.717, 1.165) is 12.1 Å². The molecule has 0 radical (unpaired) electrons. The second kappa shape index (κ2) is 5.20. The lowest BCUT2D eigenvalue weighted by atomic mass is 10.2. The van der Waals surface area contributed by atoms with Crippen LogP contribution in [0.2, 0.25) is 0 Å². The Balaban J connectivity index is 2.44. The number of para-hydroxylation sites is 1. The Bertz CT molecular complexity index is 758. The molecule has 2 aromatic carbocycles. The molecule has 0 unspecified atom stereocenters. The first-order chi connectivity index (χ1) is 9.31. The summed E-state index contributed by atoms with van der Waals surface area (Å²) in [5, 5.41) is 0. The standard InChI is InChI=1S/C14H13F2NO2S/c1-9-3-2-4-13(14(9)17)20(18,19)8-10-5-6-11(15)7-12(10)16/h2-7H,8,17H2,1H3. The van der Waals surface area contributed by atoms with Crippen molar-refractivity contribution < 1.29 is 17.2 Å². The first-order valence-corrected chi connectivity index (χ1v) is 7.48. The van der Waals surface area contributed by atoms with Crippen LogP contribution in [0, 0.1) is 18.6 Å². The van der Waals surface area contributed by atoms with Crippen molar-refractivity contribution in [2.24, 2.45) is 0 Å². The third-order valence-corrected chi connectivity index (χ3v) is 4.70. The molecule has 2 N–H and O–H groups in total. The number of hydrogen-bond donors (Lipinski definition) is 1. The van der Waals surface area contributed by atoms with Gasteiger partial charge in [0.1, 0.15) is 11.6 Å². The van der Waals surface area contributed by atoms with Crippen molar-refractivity contribution in [1.82, 2.24) is 0 Å². The molecule has 2 aromatic rings. The van der Waals surface area contributed by atoms with Gasteiger partial charge in [-0.1, -0.05) is 18.2 Å². The average Bonchev–Trinajstić information content (AvgIpc) is 2.36. The zero-order valence-electron chi connectivity index (χ0n) is 10.7. The zero-order valence-corrected chi connectivity index (χ0v) is 11.5. The predicted octanol–water partition coefficient (Wildman–Crippen LogP) is 2.83. The third-order valence-electron chi connectivity index (χ3n) is 2.98. The van der Waals surface area contributed by atoms with Gasteiger partial charge in [-0.15, -0.1) is 0 Å². The Kier molecular flexibility index (Phi) is 3.76. The van der Waals surface area contributed by atoms with Gasteiger partial charge in [0.15, 0.2) is 9.84 Å². The molecule has 106 valence electrons. The van der Waals surface area contributed by atoms with Gasteiger partial charge in [0, 0.05) is 11.6 Å². The molecule has 0 bridgehead atoms. The van der Waals surface area contributed by atoms with Gasteiger partial charge < -0.3 is 5.73 Å². The minimum atomic E-state index is -3.79. The molecular formula is C14H13F2NO2S. The normalized spacial score (nSPS) is 11.6. The molecule has 6 heteroatoms. The number of anilines is 1. The van der Waals surface area contributed by atoms with Gasteiger partial charge in [-0.3, -0.25) is 0 Å². The van der Waals surface area contributed by atoms with E-state index in [0.29, 0.717) is 11.6 Å². The number of nitrogen functional groups attached to an aromatic ring is 1. The van der Waals surface area contributed by atoms with Crippen molar-refractivity contribution in [2.45, 2.75) is 17.6 Å². The highest BCUT2D eigenvalue weighted by Gasteiger charge is 2.21. The molecule has 0 atom stereocenters. The molecule has 0 saturated heterocycles. The number of sulfone groups is 1. The Morgan fingerprint density at radius 2 is 1.85 bits per heavy atom. The van der Waals surface area contributed by atoms with Gasteiger partial charge in [-0.25, -0.2) is 17.2 Å². The lowest BCUT2D eigenvalue weighted by Crippen LogP contribution is -2.10. The van der Waals surface area contributed by atoms with E-state index in [1.165, 1.54) is 6.07 Å². The Morgan fingerprint density at radius 1 is 1.15 bits per heavy atom. The predicted molar refractivity (Wildman–Crippen MR) is 72.8 cm³/mol. The average molecular weight is 297 g/mol. The zero-order chi connectivity index (χ0) is 14.9. The number of hydrogen-bond acceptors (Lipinski definition) is 3. The topological polar surface area (TPSA) is 60.2 Å². The highest BCUT2D eigenvalue weighted by Crippen LogP contribution is 2.26. The van der Waals surface area contributed by atoms with Crippen LogP contribution in [-0.4, -0.2) is 8.42 Å². The molecule has 0 aliphatic carbocycles. The maximum absolute atomic E-state index is 13.5. The summed E-state index contributed by atoms with van der Waals surface area (Å²) in [5.74, 6) is -2.20. The van der Waals surface area contributed by atoms with Crippen LogP contribution in [-0.2, 0) is 15.6 Å². The van der Waals surface area contributed by atoms with Crippen LogP contribution in [0.4, 0.5) is 14.5 Å². The molecule has 3 nitrogen and oxygen atoms in total. The van der Waals surface area contributed by atoms with Crippen LogP contribution < -0.4 is 5.73 Å². The van der Waals surface area contributed by atoms with E-state index in [2.05, 4.69) is 0 Å². The molecule has 0 fully saturated rings. The van der Waals surface area contributed by atoms with E-state index >= 15 is 0 Å². The molecule has 0 aromatic heterocycles. The first-order valence-electron chi connectivity index (χ1n) is 5.83. The summed E-state index contributed by atoms with van der Waals surface area (Å²) in [7, 11) is -3.79. The molecule has 0 aliphatic rings. The van der Waals surface area contributed by atoms with E-state index in [1.807, 2.05) is 0 Å². The van der Waals surface area contributed by atoms with Crippen molar-refractivity contribution in [1.29, 1.82) is 0 Å². The van der Waals surface area contributed by atoms with Crippen LogP contribution >= 0.6 is 0 Å². The molecule has 0 amide bonds. The summed E-state index contributed by atoms with van der Waals surface area (Å²) in [6.45, 7) is 1.69. The van der Waals surface area contributed by atoms with Crippen molar-refractivity contribution in [3.8, 4) is 0 Å². The summed E-state index contributed by atoms with van der Waals surface area (Å²) in [5.41, 5.74) is 6.44. The van der Waals surface area contributed by atoms with Gasteiger partial charge in [0.2, 0.25) is 0 Å². The number of nitrogens with two attached hydrogens (primary N) is 1. The van der Waals surface area contributed by atoms with E-state index in [4.69, 9.17) is 5.73 Å². The fraction of sp³-hybridized carbons (Fsp3) is 0.143. The van der Waals surface area contributed by atoms with Crippen LogP contribution in [0.5, 0.6) is 0 Å². The third kappa shape index (κ3) is 2.80. The highest BCUT2D eigenvalue weighted by molar-refractivity contribution is 7.90. The molecule has 0 aliphatic heterocycles. The van der Waals surface area contributed by atoms with Gasteiger partial charge in [-0.05, 0) is 24.6 Å². The summed E-state index contributed by atoms with van der Waals surface area (Å²) >= 11 is 0. The molecule has 0 saturated carbocycles. The minimum absolute atomic E-state index is 0.0405. The summed E-state index contributed by atoms with van der Waals surface area (Å²) in [6, 6.07) is 7.43. The number of aryl methyl sites for hydroxylation is 1. The summed E-state index contributed by atoms with van der Waals surface area (Å²) in [4.78, 5) is -0.0405. The molecular weight excluding hydrogens is 284 g/mol. The summed E-state index contributed by atoms with van der Waals surface area (Å²) < 4.78 is 50.9. The minimum Gasteiger partial charge on any atom is -0.397 e. The van der Waals surface area contributed by atoms with E-state index in [9.17, 15) is 17.2 Å². The summed E-state index contributed by atoms with van der Waals surface area (Å²) in [6.07, 6.45) is 0. The first kappa shape index (κ1) is 14.5. The lowest BCUT2D eigenvalue weighted by Gasteiger charge is -2.10. The lowest BCUT2D eigenvalue weighted by molar-refractivity contribution is 0.569. The molecule has 20 heavy (non-hydrogen) atoms. The van der Waals surface area contributed by atoms with Gasteiger partial charge >= 0.3 is 0 Å². The number of halogens is 2. The Hall–Kier alpha value is -1.95. The molecule has 2 rings (SSSR count). The van der Waals surface area contributed by atoms with Crippen LogP contribution in [0.25, 0.3) is 0 Å². The quantitative estimate of drug-likeness (QED) is 0.886. The van der Waals surface area contributed by atoms with E-state index in [-0.39, 0.29) is 16.1 Å². The Labute approximate surface area is 116 Å². The van der Waals surface area contributed by atoms with E-state index in [1.54, 1.807) is 19.1 Å². The fourth-order valence-electron chi connectivity index (χ4n) is 1.85. The van der Waals surface area contributed by atoms with Crippen molar-refractivity contribution in [2.75, 3.05) is 5.73 Å². The van der Waals surface area contributed by atoms with Crippen molar-refractivity contribution in [3.05, 3.63) is 59.2 Å². The molecule has 0 heterocycles. The fourth-order valence-corrected chi connectivity index (χ4v) is 3.43. The largest absolute Gasteiger partial charge is 0.397 e. The van der Waals surface area contributed by atoms with Gasteiger partial charge in [0.25, 0.3) is 0 Å². The monoisotopic (exact) mass is 297 g/mol. The highest BCUT2D eigenvalue weighted by atomic mass is 32.2. The van der Waals surface area contributed by atoms with Crippen LogP contribution in [0.15, 0.2) is 41.3 Å². The maximum atomic E-state index is 13.5. The second-order valence-corrected chi connectivity index (χ2v) is 6.44. The van der Waals surface area contributed by atoms with Crippen LogP contribution in [0.3, 0.4) is 0 Å². The van der Waals surface area contributed by atoms with E-state index < -0.39 is 27.2 Å². The van der Waals surface area contributed by atoms with Crippen molar-refractivity contribution >= 4 is 15.5 Å². The van der Waals surface area contributed by atoms with Crippen molar-refractivity contribution in [3.63, 3.8) is 0 Å². The van der Waals surface area contributed by atoms with Crippen LogP contribution in [0.1, 0.15) is 11.1 Å². The Morgan fingerprint density at radius 3 is 2.50 bits per heavy atom. The smallest absolute Gasteiger partial charge is 0.184 e. The molecule has 0 spiro atoms. The van der Waals surface area contributed by atoms with Gasteiger partial charge in [-0.2, -0.15) is 0 Å².